The van der Waals surface area contributed by atoms with Crippen molar-refractivity contribution in [2.24, 2.45) is 5.41 Å². The Bertz CT molecular complexity index is 477. The van der Waals surface area contributed by atoms with Gasteiger partial charge in [-0.2, -0.15) is 0 Å². The predicted molar refractivity (Wildman–Crippen MR) is 71.5 cm³/mol. The van der Waals surface area contributed by atoms with Gasteiger partial charge in [-0.05, 0) is 12.1 Å². The molecule has 0 unspecified atom stereocenters. The number of carbonyl (C=O) groups is 1. The monoisotopic (exact) mass is 249 g/mol. The van der Waals surface area contributed by atoms with Crippen molar-refractivity contribution in [2.75, 3.05) is 11.5 Å². The van der Waals surface area contributed by atoms with Crippen LogP contribution in [0.1, 0.15) is 20.8 Å². The number of rotatable bonds is 0. The molecule has 3 nitrogen and oxygen atoms in total. The number of nitrogens with zero attached hydrogens (tertiary/aromatic N) is 1. The molecule has 1 aliphatic rings. The lowest BCUT2D eigenvalue weighted by Gasteiger charge is -2.34. The van der Waals surface area contributed by atoms with Crippen molar-refractivity contribution in [1.82, 2.24) is 0 Å². The Balaban J connectivity index is 2.47. The van der Waals surface area contributed by atoms with Gasteiger partial charge in [0.25, 0.3) is 0 Å². The van der Waals surface area contributed by atoms with E-state index in [1.807, 2.05) is 45.0 Å². The molecule has 0 spiro atoms. The van der Waals surface area contributed by atoms with Crippen LogP contribution < -0.4 is 9.64 Å². The smallest absolute Gasteiger partial charge is 0.237 e. The van der Waals surface area contributed by atoms with Crippen LogP contribution in [0.5, 0.6) is 5.75 Å². The minimum absolute atomic E-state index is 0.00162. The Morgan fingerprint density at radius 2 is 2.00 bits per heavy atom. The molecule has 0 bridgehead atoms. The molecule has 2 rings (SSSR count). The number of amides is 1. The second kappa shape index (κ2) is 4.11. The molecule has 4 heteroatoms. The maximum atomic E-state index is 12.4. The van der Waals surface area contributed by atoms with Crippen molar-refractivity contribution in [2.45, 2.75) is 20.8 Å². The summed E-state index contributed by atoms with van der Waals surface area (Å²) in [6.45, 7) is 5.94. The number of hydrogen-bond acceptors (Lipinski definition) is 3. The van der Waals surface area contributed by atoms with E-state index in [0.717, 1.165) is 5.69 Å². The van der Waals surface area contributed by atoms with Crippen LogP contribution in [-0.2, 0) is 4.79 Å². The van der Waals surface area contributed by atoms with Crippen LogP contribution in [0, 0.1) is 5.41 Å². The zero-order valence-corrected chi connectivity index (χ0v) is 11.0. The Morgan fingerprint density at radius 1 is 1.35 bits per heavy atom. The number of fused-ring (bicyclic) bond motifs is 1. The van der Waals surface area contributed by atoms with E-state index in [4.69, 9.17) is 17.0 Å². The zero-order valence-electron chi connectivity index (χ0n) is 10.2. The molecule has 0 aliphatic carbocycles. The molecule has 0 N–H and O–H groups in total. The first-order valence-electron chi connectivity index (χ1n) is 5.50. The van der Waals surface area contributed by atoms with E-state index in [9.17, 15) is 4.79 Å². The predicted octanol–water partition coefficient (Wildman–Crippen LogP) is 2.79. The van der Waals surface area contributed by atoms with Gasteiger partial charge in [-0.25, -0.2) is 0 Å². The summed E-state index contributed by atoms with van der Waals surface area (Å²) < 4.78 is 5.49. The molecule has 0 saturated heterocycles. The van der Waals surface area contributed by atoms with Crippen LogP contribution in [0.4, 0.5) is 5.69 Å². The largest absolute Gasteiger partial charge is 0.484 e. The molecule has 90 valence electrons. The number of carbonyl (C=O) groups excluding carboxylic acids is 1. The highest BCUT2D eigenvalue weighted by Gasteiger charge is 2.34. The van der Waals surface area contributed by atoms with Crippen molar-refractivity contribution in [3.05, 3.63) is 24.3 Å². The molecule has 0 fully saturated rings. The Kier molecular flexibility index (Phi) is 2.91. The van der Waals surface area contributed by atoms with E-state index in [-0.39, 0.29) is 12.5 Å². The molecular formula is C13H15NO2S. The maximum Gasteiger partial charge on any atom is 0.237 e. The van der Waals surface area contributed by atoms with Gasteiger partial charge in [0.15, 0.2) is 0 Å². The van der Waals surface area contributed by atoms with Crippen LogP contribution in [0.2, 0.25) is 0 Å². The average Bonchev–Trinajstić information content (AvgIpc) is 2.27. The fraction of sp³-hybridized carbons (Fsp3) is 0.385. The lowest BCUT2D eigenvalue weighted by molar-refractivity contribution is -0.124. The highest BCUT2D eigenvalue weighted by Crippen LogP contribution is 2.34. The van der Waals surface area contributed by atoms with E-state index in [1.54, 1.807) is 4.90 Å². The third kappa shape index (κ3) is 2.17. The topological polar surface area (TPSA) is 29.5 Å². The van der Waals surface area contributed by atoms with Gasteiger partial charge in [-0.3, -0.25) is 9.69 Å². The quantitative estimate of drug-likeness (QED) is 0.662. The molecule has 0 atom stereocenters. The van der Waals surface area contributed by atoms with Crippen LogP contribution in [0.3, 0.4) is 0 Å². The summed E-state index contributed by atoms with van der Waals surface area (Å²) in [5, 5.41) is 0. The Hall–Kier alpha value is -1.42. The minimum Gasteiger partial charge on any atom is -0.484 e. The summed E-state index contributed by atoms with van der Waals surface area (Å²) in [7, 11) is 0. The van der Waals surface area contributed by atoms with E-state index < -0.39 is 5.41 Å². The third-order valence-corrected chi connectivity index (χ3v) is 2.85. The molecule has 1 heterocycles. The van der Waals surface area contributed by atoms with E-state index >= 15 is 0 Å². The highest BCUT2D eigenvalue weighted by atomic mass is 32.1. The second-order valence-electron chi connectivity index (χ2n) is 5.04. The number of ether oxygens (including phenoxy) is 1. The van der Waals surface area contributed by atoms with Gasteiger partial charge >= 0.3 is 0 Å². The third-order valence-electron chi connectivity index (χ3n) is 2.55. The van der Waals surface area contributed by atoms with Gasteiger partial charge < -0.3 is 4.74 Å². The van der Waals surface area contributed by atoms with Gasteiger partial charge in [0.1, 0.15) is 17.3 Å². The summed E-state index contributed by atoms with van der Waals surface area (Å²) in [5.74, 6) is 0.706. The van der Waals surface area contributed by atoms with Gasteiger partial charge in [0, 0.05) is 5.41 Å². The summed E-state index contributed by atoms with van der Waals surface area (Å²) >= 11 is 5.23. The van der Waals surface area contributed by atoms with Crippen molar-refractivity contribution in [1.29, 1.82) is 0 Å². The molecule has 1 aromatic carbocycles. The molecule has 17 heavy (non-hydrogen) atoms. The van der Waals surface area contributed by atoms with E-state index in [0.29, 0.717) is 10.7 Å². The van der Waals surface area contributed by atoms with Crippen LogP contribution >= 0.6 is 12.2 Å². The molecule has 1 aromatic rings. The second-order valence-corrected chi connectivity index (χ2v) is 5.51. The first-order chi connectivity index (χ1) is 7.91. The zero-order chi connectivity index (χ0) is 12.6. The summed E-state index contributed by atoms with van der Waals surface area (Å²) in [6, 6.07) is 7.45. The first-order valence-corrected chi connectivity index (χ1v) is 5.91. The molecule has 0 radical (unpaired) electrons. The summed E-state index contributed by atoms with van der Waals surface area (Å²) in [4.78, 5) is 14.5. The van der Waals surface area contributed by atoms with Gasteiger partial charge in [-0.1, -0.05) is 45.1 Å². The van der Waals surface area contributed by atoms with E-state index in [1.165, 1.54) is 0 Å². The van der Waals surface area contributed by atoms with Crippen molar-refractivity contribution >= 4 is 28.8 Å². The Morgan fingerprint density at radius 3 is 2.65 bits per heavy atom. The van der Waals surface area contributed by atoms with Gasteiger partial charge in [0.2, 0.25) is 5.91 Å². The SMILES string of the molecule is CC(C)(C)C(=O)N1C(=S)COc2ccccc21. The number of anilines is 1. The van der Waals surface area contributed by atoms with Crippen molar-refractivity contribution in [3.8, 4) is 5.75 Å². The Labute approximate surface area is 106 Å². The van der Waals surface area contributed by atoms with Crippen LogP contribution in [0.25, 0.3) is 0 Å². The lowest BCUT2D eigenvalue weighted by atomic mass is 9.94. The standard InChI is InChI=1S/C13H15NO2S/c1-13(2,3)12(15)14-9-6-4-5-7-10(9)16-8-11(14)17/h4-7H,8H2,1-3H3. The van der Waals surface area contributed by atoms with Gasteiger partial charge in [-0.15, -0.1) is 0 Å². The first kappa shape index (κ1) is 12.0. The molecule has 1 amide bonds. The van der Waals surface area contributed by atoms with Crippen molar-refractivity contribution < 1.29 is 9.53 Å². The normalized spacial score (nSPS) is 15.2. The molecular weight excluding hydrogens is 234 g/mol. The van der Waals surface area contributed by atoms with E-state index in [2.05, 4.69) is 0 Å². The lowest BCUT2D eigenvalue weighted by Crippen LogP contribution is -2.47. The summed E-state index contributed by atoms with van der Waals surface area (Å²) in [5.41, 5.74) is 0.276. The fourth-order valence-electron chi connectivity index (χ4n) is 1.66. The number of para-hydroxylation sites is 2. The highest BCUT2D eigenvalue weighted by molar-refractivity contribution is 7.80. The van der Waals surface area contributed by atoms with Crippen molar-refractivity contribution in [3.63, 3.8) is 0 Å². The minimum atomic E-state index is -0.464. The molecule has 1 aliphatic heterocycles. The number of benzene rings is 1. The molecule has 0 aromatic heterocycles. The van der Waals surface area contributed by atoms with Crippen LogP contribution in [0.15, 0.2) is 24.3 Å². The average molecular weight is 249 g/mol. The number of hydrogen-bond donors (Lipinski definition) is 0. The van der Waals surface area contributed by atoms with Gasteiger partial charge in [0.05, 0.1) is 5.69 Å². The molecule has 0 saturated carbocycles. The number of thiocarbonyl (C=S) groups is 1. The van der Waals surface area contributed by atoms with Crippen LogP contribution in [-0.4, -0.2) is 17.5 Å². The fourth-order valence-corrected chi connectivity index (χ4v) is 1.90. The maximum absolute atomic E-state index is 12.4. The summed E-state index contributed by atoms with van der Waals surface area (Å²) in [6.07, 6.45) is 0.